The second-order valence-electron chi connectivity index (χ2n) is 5.23. The highest BCUT2D eigenvalue weighted by atomic mass is 32.1. The summed E-state index contributed by atoms with van der Waals surface area (Å²) >= 11 is 1.38. The average Bonchev–Trinajstić information content (AvgIpc) is 2.94. The van der Waals surface area contributed by atoms with Gasteiger partial charge in [0.25, 0.3) is 5.91 Å². The first-order valence-electron chi connectivity index (χ1n) is 7.64. The minimum atomic E-state index is -0.312. The van der Waals surface area contributed by atoms with Crippen molar-refractivity contribution in [1.82, 2.24) is 10.3 Å². The highest BCUT2D eigenvalue weighted by Gasteiger charge is 2.15. The van der Waals surface area contributed by atoms with Crippen molar-refractivity contribution in [2.75, 3.05) is 11.9 Å². The van der Waals surface area contributed by atoms with Gasteiger partial charge < -0.3 is 10.6 Å². The molecule has 0 atom stereocenters. The molecule has 0 fully saturated rings. The Morgan fingerprint density at radius 1 is 1.38 bits per heavy atom. The van der Waals surface area contributed by atoms with Crippen LogP contribution < -0.4 is 10.6 Å². The molecule has 5 nitrogen and oxygen atoms in total. The Bertz CT molecular complexity index is 790. The minimum Gasteiger partial charge on any atom is -0.342 e. The van der Waals surface area contributed by atoms with Crippen LogP contribution in [0.3, 0.4) is 0 Å². The maximum absolute atomic E-state index is 12.2. The molecule has 0 aliphatic heterocycles. The molecular formula is C18H19N3O2S. The van der Waals surface area contributed by atoms with Crippen LogP contribution >= 0.6 is 11.3 Å². The lowest BCUT2D eigenvalue weighted by Crippen LogP contribution is -2.32. The first kappa shape index (κ1) is 17.7. The van der Waals surface area contributed by atoms with Crippen LogP contribution in [0.5, 0.6) is 0 Å². The van der Waals surface area contributed by atoms with Crippen molar-refractivity contribution >= 4 is 28.8 Å². The monoisotopic (exact) mass is 341 g/mol. The van der Waals surface area contributed by atoms with E-state index in [0.717, 1.165) is 17.8 Å². The van der Waals surface area contributed by atoms with E-state index in [-0.39, 0.29) is 18.4 Å². The summed E-state index contributed by atoms with van der Waals surface area (Å²) in [6.45, 7) is 3.76. The number of thiazole rings is 1. The Hall–Kier alpha value is -2.65. The normalized spacial score (nSPS) is 10.0. The number of hydrogen-bond donors (Lipinski definition) is 2. The summed E-state index contributed by atoms with van der Waals surface area (Å²) in [4.78, 5) is 29.1. The van der Waals surface area contributed by atoms with Crippen LogP contribution in [0.2, 0.25) is 0 Å². The second-order valence-corrected chi connectivity index (χ2v) is 6.31. The maximum Gasteiger partial charge on any atom is 0.263 e. The third-order valence-electron chi connectivity index (χ3n) is 3.23. The predicted molar refractivity (Wildman–Crippen MR) is 96.2 cm³/mol. The van der Waals surface area contributed by atoms with Gasteiger partial charge >= 0.3 is 0 Å². The molecule has 124 valence electrons. The van der Waals surface area contributed by atoms with Gasteiger partial charge in [-0.25, -0.2) is 4.98 Å². The average molecular weight is 341 g/mol. The molecule has 0 aliphatic carbocycles. The van der Waals surface area contributed by atoms with Crippen molar-refractivity contribution in [1.29, 1.82) is 0 Å². The Labute approximate surface area is 145 Å². The van der Waals surface area contributed by atoms with E-state index >= 15 is 0 Å². The van der Waals surface area contributed by atoms with E-state index in [1.165, 1.54) is 11.3 Å². The summed E-state index contributed by atoms with van der Waals surface area (Å²) in [7, 11) is 0. The highest BCUT2D eigenvalue weighted by molar-refractivity contribution is 7.13. The molecule has 2 amide bonds. The molecule has 0 unspecified atom stereocenters. The number of amides is 2. The summed E-state index contributed by atoms with van der Waals surface area (Å²) in [6, 6.07) is 6.98. The van der Waals surface area contributed by atoms with Gasteiger partial charge in [-0.2, -0.15) is 0 Å². The number of terminal acetylenes is 1. The first-order valence-corrected chi connectivity index (χ1v) is 8.46. The van der Waals surface area contributed by atoms with Crippen molar-refractivity contribution in [2.45, 2.75) is 26.7 Å². The van der Waals surface area contributed by atoms with Crippen LogP contribution in [0.15, 0.2) is 24.3 Å². The van der Waals surface area contributed by atoms with Crippen LogP contribution in [-0.2, 0) is 11.2 Å². The maximum atomic E-state index is 12.2. The molecule has 6 heteroatoms. The van der Waals surface area contributed by atoms with E-state index in [0.29, 0.717) is 21.8 Å². The van der Waals surface area contributed by atoms with Crippen LogP contribution in [-0.4, -0.2) is 23.3 Å². The van der Waals surface area contributed by atoms with Crippen LogP contribution in [0.1, 0.15) is 39.3 Å². The lowest BCUT2D eigenvalue weighted by atomic mass is 10.2. The molecule has 1 heterocycles. The van der Waals surface area contributed by atoms with Gasteiger partial charge in [0.2, 0.25) is 5.91 Å². The smallest absolute Gasteiger partial charge is 0.263 e. The number of nitrogens with one attached hydrogen (secondary N) is 2. The number of carbonyl (C=O) groups excluding carboxylic acids is 2. The van der Waals surface area contributed by atoms with Crippen molar-refractivity contribution in [2.24, 2.45) is 0 Å². The van der Waals surface area contributed by atoms with E-state index in [1.807, 2.05) is 0 Å². The number of carbonyl (C=O) groups is 2. The molecule has 1 aromatic heterocycles. The number of benzene rings is 1. The Balaban J connectivity index is 1.91. The zero-order chi connectivity index (χ0) is 17.5. The van der Waals surface area contributed by atoms with E-state index in [2.05, 4.69) is 28.5 Å². The highest BCUT2D eigenvalue weighted by Crippen LogP contribution is 2.19. The fourth-order valence-electron chi connectivity index (χ4n) is 2.12. The van der Waals surface area contributed by atoms with E-state index in [9.17, 15) is 9.59 Å². The van der Waals surface area contributed by atoms with Gasteiger partial charge in [-0.15, -0.1) is 17.8 Å². The number of aromatic nitrogens is 1. The third kappa shape index (κ3) is 4.67. The Morgan fingerprint density at radius 2 is 2.17 bits per heavy atom. The second kappa shape index (κ2) is 8.27. The van der Waals surface area contributed by atoms with Gasteiger partial charge in [0.05, 0.1) is 17.2 Å². The molecule has 1 aromatic carbocycles. The number of hydrogen-bond acceptors (Lipinski definition) is 4. The van der Waals surface area contributed by atoms with Gasteiger partial charge in [0.15, 0.2) is 0 Å². The standard InChI is InChI=1S/C18H19N3O2S/c1-4-7-16-20-12(3)17(24-16)18(23)19-11-15(22)21-14-9-6-8-13(5-2)10-14/h2,6,8-10H,4,7,11H2,1,3H3,(H,19,23)(H,21,22). The molecule has 0 aliphatic rings. The predicted octanol–water partition coefficient (Wildman–Crippen LogP) is 2.75. The molecule has 0 radical (unpaired) electrons. The number of anilines is 1. The Kier molecular flexibility index (Phi) is 6.10. The van der Waals surface area contributed by atoms with Gasteiger partial charge in [-0.3, -0.25) is 9.59 Å². The fraction of sp³-hybridized carbons (Fsp3) is 0.278. The van der Waals surface area contributed by atoms with Crippen LogP contribution in [0.4, 0.5) is 5.69 Å². The van der Waals surface area contributed by atoms with Gasteiger partial charge in [0.1, 0.15) is 4.88 Å². The summed E-state index contributed by atoms with van der Waals surface area (Å²) in [6.07, 6.45) is 7.16. The molecule has 0 bridgehead atoms. The van der Waals surface area contributed by atoms with Crippen molar-refractivity contribution in [3.8, 4) is 12.3 Å². The largest absolute Gasteiger partial charge is 0.342 e. The topological polar surface area (TPSA) is 71.1 Å². The molecule has 0 saturated heterocycles. The van der Waals surface area contributed by atoms with Crippen LogP contribution in [0, 0.1) is 19.3 Å². The number of nitrogens with zero attached hydrogens (tertiary/aromatic N) is 1. The zero-order valence-electron chi connectivity index (χ0n) is 13.7. The summed E-state index contributed by atoms with van der Waals surface area (Å²) in [5, 5.41) is 6.27. The van der Waals surface area contributed by atoms with E-state index in [4.69, 9.17) is 6.42 Å². The molecule has 2 N–H and O–H groups in total. The molecule has 24 heavy (non-hydrogen) atoms. The first-order chi connectivity index (χ1) is 11.5. The summed E-state index contributed by atoms with van der Waals surface area (Å²) in [5.74, 6) is 1.92. The quantitative estimate of drug-likeness (QED) is 0.794. The molecule has 0 spiro atoms. The summed E-state index contributed by atoms with van der Waals surface area (Å²) in [5.41, 5.74) is 1.98. The van der Waals surface area contributed by atoms with E-state index in [1.54, 1.807) is 31.2 Å². The SMILES string of the molecule is C#Cc1cccc(NC(=O)CNC(=O)c2sc(CCC)nc2C)c1. The third-order valence-corrected chi connectivity index (χ3v) is 4.45. The van der Waals surface area contributed by atoms with Crippen molar-refractivity contribution in [3.63, 3.8) is 0 Å². The number of rotatable bonds is 6. The number of aryl methyl sites for hydroxylation is 2. The van der Waals surface area contributed by atoms with Crippen LogP contribution in [0.25, 0.3) is 0 Å². The lowest BCUT2D eigenvalue weighted by molar-refractivity contribution is -0.115. The lowest BCUT2D eigenvalue weighted by Gasteiger charge is -2.07. The molecule has 2 aromatic rings. The zero-order valence-corrected chi connectivity index (χ0v) is 14.5. The molecular weight excluding hydrogens is 322 g/mol. The van der Waals surface area contributed by atoms with Crippen molar-refractivity contribution in [3.05, 3.63) is 45.4 Å². The molecule has 2 rings (SSSR count). The van der Waals surface area contributed by atoms with Gasteiger partial charge in [-0.1, -0.05) is 18.9 Å². The molecule has 0 saturated carbocycles. The Morgan fingerprint density at radius 3 is 2.88 bits per heavy atom. The van der Waals surface area contributed by atoms with E-state index < -0.39 is 0 Å². The fourth-order valence-corrected chi connectivity index (χ4v) is 3.20. The summed E-state index contributed by atoms with van der Waals surface area (Å²) < 4.78 is 0. The van der Waals surface area contributed by atoms with Gasteiger partial charge in [-0.05, 0) is 38.0 Å². The van der Waals surface area contributed by atoms with Crippen molar-refractivity contribution < 1.29 is 9.59 Å². The van der Waals surface area contributed by atoms with Gasteiger partial charge in [0, 0.05) is 11.3 Å². The minimum absolute atomic E-state index is 0.112.